The Bertz CT molecular complexity index is 1140. The van der Waals surface area contributed by atoms with Crippen LogP contribution in [0.2, 0.25) is 0 Å². The van der Waals surface area contributed by atoms with Crippen LogP contribution in [-0.4, -0.2) is 56.6 Å². The molecular weight excluding hydrogens is 438 g/mol. The average molecular weight is 472 g/mol. The van der Waals surface area contributed by atoms with Crippen LogP contribution in [0.1, 0.15) is 45.1 Å². The summed E-state index contributed by atoms with van der Waals surface area (Å²) in [5.74, 6) is 0.124. The SMILES string of the molecule is C[C@H](CC(=O)N1CCC(O)(CC2CC=NN2c2ccc(-c3ccccc3)cc2)CC1)n1cccn1. The summed E-state index contributed by atoms with van der Waals surface area (Å²) in [6, 6.07) is 20.8. The third-order valence-electron chi connectivity index (χ3n) is 7.28. The molecule has 1 aromatic heterocycles. The zero-order chi connectivity index (χ0) is 24.3. The number of anilines is 1. The molecule has 0 spiro atoms. The molecule has 3 aromatic rings. The number of hydrazone groups is 1. The Balaban J connectivity index is 1.17. The number of hydrogen-bond acceptors (Lipinski definition) is 5. The number of likely N-dealkylation sites (tertiary alicyclic amines) is 1. The summed E-state index contributed by atoms with van der Waals surface area (Å²) in [7, 11) is 0. The molecule has 1 fully saturated rings. The van der Waals surface area contributed by atoms with Crippen LogP contribution >= 0.6 is 0 Å². The number of carbonyl (C=O) groups excluding carboxylic acids is 1. The molecule has 3 heterocycles. The molecule has 7 heteroatoms. The molecule has 5 rings (SSSR count). The fourth-order valence-electron chi connectivity index (χ4n) is 5.17. The number of aromatic nitrogens is 2. The Morgan fingerprint density at radius 2 is 1.77 bits per heavy atom. The quantitative estimate of drug-likeness (QED) is 0.550. The van der Waals surface area contributed by atoms with Gasteiger partial charge in [0, 0.05) is 44.5 Å². The van der Waals surface area contributed by atoms with Gasteiger partial charge in [0.05, 0.1) is 23.4 Å². The van der Waals surface area contributed by atoms with Crippen LogP contribution in [-0.2, 0) is 4.79 Å². The van der Waals surface area contributed by atoms with Crippen LogP contribution in [0.4, 0.5) is 5.69 Å². The topological polar surface area (TPSA) is 74.0 Å². The van der Waals surface area contributed by atoms with Crippen molar-refractivity contribution >= 4 is 17.8 Å². The fraction of sp³-hybridized carbons (Fsp3) is 0.393. The van der Waals surface area contributed by atoms with Crippen LogP contribution in [0.15, 0.2) is 78.2 Å². The highest BCUT2D eigenvalue weighted by Gasteiger charge is 2.38. The number of piperidine rings is 1. The van der Waals surface area contributed by atoms with E-state index in [4.69, 9.17) is 0 Å². The molecule has 1 saturated heterocycles. The summed E-state index contributed by atoms with van der Waals surface area (Å²) in [6.45, 7) is 3.17. The predicted octanol–water partition coefficient (Wildman–Crippen LogP) is 4.51. The minimum absolute atomic E-state index is 0.0239. The molecule has 182 valence electrons. The van der Waals surface area contributed by atoms with E-state index < -0.39 is 5.60 Å². The molecule has 0 saturated carbocycles. The highest BCUT2D eigenvalue weighted by atomic mass is 16.3. The lowest BCUT2D eigenvalue weighted by Crippen LogP contribution is -2.49. The second-order valence-electron chi connectivity index (χ2n) is 9.79. The smallest absolute Gasteiger partial charge is 0.224 e. The first-order chi connectivity index (χ1) is 17.0. The molecular formula is C28H33N5O2. The van der Waals surface area contributed by atoms with E-state index in [0.29, 0.717) is 38.8 Å². The van der Waals surface area contributed by atoms with Gasteiger partial charge in [0.2, 0.25) is 5.91 Å². The van der Waals surface area contributed by atoms with Gasteiger partial charge in [0.15, 0.2) is 0 Å². The number of amides is 1. The van der Waals surface area contributed by atoms with E-state index in [9.17, 15) is 9.90 Å². The van der Waals surface area contributed by atoms with Crippen molar-refractivity contribution in [3.05, 3.63) is 73.1 Å². The van der Waals surface area contributed by atoms with Gasteiger partial charge in [-0.25, -0.2) is 0 Å². The van der Waals surface area contributed by atoms with Gasteiger partial charge in [-0.15, -0.1) is 0 Å². The number of nitrogens with zero attached hydrogens (tertiary/aromatic N) is 5. The fourth-order valence-corrected chi connectivity index (χ4v) is 5.17. The first-order valence-corrected chi connectivity index (χ1v) is 12.5. The number of carbonyl (C=O) groups is 1. The zero-order valence-corrected chi connectivity index (χ0v) is 20.2. The van der Waals surface area contributed by atoms with Crippen LogP contribution in [0.25, 0.3) is 11.1 Å². The van der Waals surface area contributed by atoms with E-state index in [2.05, 4.69) is 46.6 Å². The van der Waals surface area contributed by atoms with Crippen molar-refractivity contribution in [2.75, 3.05) is 18.1 Å². The summed E-state index contributed by atoms with van der Waals surface area (Å²) in [5, 5.41) is 22.3. The molecule has 2 atom stereocenters. The molecule has 0 bridgehead atoms. The molecule has 0 radical (unpaired) electrons. The Morgan fingerprint density at radius 1 is 1.06 bits per heavy atom. The van der Waals surface area contributed by atoms with Crippen molar-refractivity contribution in [1.82, 2.24) is 14.7 Å². The van der Waals surface area contributed by atoms with E-state index >= 15 is 0 Å². The molecule has 2 aliphatic heterocycles. The van der Waals surface area contributed by atoms with Gasteiger partial charge in [-0.1, -0.05) is 42.5 Å². The van der Waals surface area contributed by atoms with E-state index in [-0.39, 0.29) is 18.0 Å². The van der Waals surface area contributed by atoms with Crippen molar-refractivity contribution in [1.29, 1.82) is 0 Å². The van der Waals surface area contributed by atoms with Gasteiger partial charge in [0.1, 0.15) is 0 Å². The summed E-state index contributed by atoms with van der Waals surface area (Å²) >= 11 is 0. The van der Waals surface area contributed by atoms with Gasteiger partial charge in [-0.05, 0) is 55.5 Å². The number of hydrogen-bond donors (Lipinski definition) is 1. The molecule has 2 aromatic carbocycles. The van der Waals surface area contributed by atoms with Gasteiger partial charge in [-0.2, -0.15) is 10.2 Å². The average Bonchev–Trinajstić information content (AvgIpc) is 3.58. The summed E-state index contributed by atoms with van der Waals surface area (Å²) in [6.07, 6.45) is 8.61. The lowest BCUT2D eigenvalue weighted by atomic mass is 9.84. The molecule has 1 unspecified atom stereocenters. The monoisotopic (exact) mass is 471 g/mol. The predicted molar refractivity (Wildman–Crippen MR) is 138 cm³/mol. The highest BCUT2D eigenvalue weighted by Crippen LogP contribution is 2.34. The Labute approximate surface area is 206 Å². The van der Waals surface area contributed by atoms with Crippen molar-refractivity contribution in [2.24, 2.45) is 5.10 Å². The van der Waals surface area contributed by atoms with E-state index in [1.807, 2.05) is 58.2 Å². The van der Waals surface area contributed by atoms with Gasteiger partial charge < -0.3 is 10.0 Å². The van der Waals surface area contributed by atoms with Crippen molar-refractivity contribution in [3.8, 4) is 11.1 Å². The lowest BCUT2D eigenvalue weighted by Gasteiger charge is -2.41. The first-order valence-electron chi connectivity index (χ1n) is 12.5. The lowest BCUT2D eigenvalue weighted by molar-refractivity contribution is -0.136. The number of benzene rings is 2. The van der Waals surface area contributed by atoms with Crippen LogP contribution < -0.4 is 5.01 Å². The Hall–Kier alpha value is -3.45. The van der Waals surface area contributed by atoms with Gasteiger partial charge in [-0.3, -0.25) is 14.5 Å². The van der Waals surface area contributed by atoms with Crippen LogP contribution in [0.5, 0.6) is 0 Å². The van der Waals surface area contributed by atoms with Crippen molar-refractivity contribution in [3.63, 3.8) is 0 Å². The van der Waals surface area contributed by atoms with E-state index in [1.165, 1.54) is 11.1 Å². The summed E-state index contributed by atoms with van der Waals surface area (Å²) in [5.41, 5.74) is 2.61. The molecule has 1 amide bonds. The highest BCUT2D eigenvalue weighted by molar-refractivity contribution is 5.76. The Kier molecular flexibility index (Phi) is 6.68. The number of rotatable bonds is 7. The molecule has 0 aliphatic carbocycles. The van der Waals surface area contributed by atoms with E-state index in [1.54, 1.807) is 6.20 Å². The van der Waals surface area contributed by atoms with Gasteiger partial charge >= 0.3 is 0 Å². The largest absolute Gasteiger partial charge is 0.390 e. The summed E-state index contributed by atoms with van der Waals surface area (Å²) < 4.78 is 1.82. The Morgan fingerprint density at radius 3 is 2.46 bits per heavy atom. The second-order valence-corrected chi connectivity index (χ2v) is 9.79. The second kappa shape index (κ2) is 10.0. The van der Waals surface area contributed by atoms with Crippen LogP contribution in [0, 0.1) is 0 Å². The standard InChI is InChI=1S/C28H33N5O2/c1-22(32-17-5-15-29-32)20-27(34)31-18-13-28(35,14-19-31)21-26-12-16-30-33(26)25-10-8-24(9-11-25)23-6-3-2-4-7-23/h2-11,15-17,22,26,35H,12-14,18-21H2,1H3/t22-,26?/m1/s1. The molecule has 2 aliphatic rings. The maximum atomic E-state index is 12.8. The molecule has 35 heavy (non-hydrogen) atoms. The van der Waals surface area contributed by atoms with Crippen molar-refractivity contribution in [2.45, 2.75) is 56.7 Å². The summed E-state index contributed by atoms with van der Waals surface area (Å²) in [4.78, 5) is 14.7. The minimum atomic E-state index is -0.787. The first kappa shape index (κ1) is 23.3. The van der Waals surface area contributed by atoms with Crippen molar-refractivity contribution < 1.29 is 9.90 Å². The molecule has 1 N–H and O–H groups in total. The van der Waals surface area contributed by atoms with Crippen LogP contribution in [0.3, 0.4) is 0 Å². The molecule has 7 nitrogen and oxygen atoms in total. The minimum Gasteiger partial charge on any atom is -0.390 e. The normalized spacial score (nSPS) is 20.2. The maximum Gasteiger partial charge on any atom is 0.224 e. The maximum absolute atomic E-state index is 12.8. The van der Waals surface area contributed by atoms with Gasteiger partial charge in [0.25, 0.3) is 0 Å². The van der Waals surface area contributed by atoms with E-state index in [0.717, 1.165) is 12.1 Å². The third kappa shape index (κ3) is 5.30. The zero-order valence-electron chi connectivity index (χ0n) is 20.2. The number of aliphatic hydroxyl groups is 1. The third-order valence-corrected chi connectivity index (χ3v) is 7.28.